The molecule has 2 aromatic carbocycles. The van der Waals surface area contributed by atoms with Gasteiger partial charge in [0, 0.05) is 9.26 Å². The van der Waals surface area contributed by atoms with Crippen LogP contribution in [0.1, 0.15) is 0 Å². The number of hydrogen-bond donors (Lipinski definition) is 2. The number of sulfonamides is 1. The fourth-order valence-corrected chi connectivity index (χ4v) is 3.14. The maximum Gasteiger partial charge on any atom is 0.266 e. The van der Waals surface area contributed by atoms with E-state index < -0.39 is 20.7 Å². The van der Waals surface area contributed by atoms with Crippen molar-refractivity contribution in [1.82, 2.24) is 0 Å². The zero-order valence-electron chi connectivity index (χ0n) is 9.60. The predicted octanol–water partition coefficient (Wildman–Crippen LogP) is 2.81. The lowest BCUT2D eigenvalue weighted by Gasteiger charge is -2.10. The third-order valence-electron chi connectivity index (χ3n) is 2.36. The molecule has 0 fully saturated rings. The van der Waals surface area contributed by atoms with Gasteiger partial charge in [-0.1, -0.05) is 6.07 Å². The van der Waals surface area contributed by atoms with Gasteiger partial charge >= 0.3 is 0 Å². The second kappa shape index (κ2) is 5.33. The van der Waals surface area contributed by atoms with Crippen molar-refractivity contribution >= 4 is 44.0 Å². The predicted molar refractivity (Wildman–Crippen MR) is 80.8 cm³/mol. The molecule has 2 rings (SSSR count). The van der Waals surface area contributed by atoms with Crippen molar-refractivity contribution in [2.45, 2.75) is 4.90 Å². The molecule has 0 aliphatic carbocycles. The van der Waals surface area contributed by atoms with Crippen molar-refractivity contribution in [3.8, 4) is 0 Å². The van der Waals surface area contributed by atoms with Crippen molar-refractivity contribution < 1.29 is 12.8 Å². The van der Waals surface area contributed by atoms with E-state index in [4.69, 9.17) is 5.73 Å². The monoisotopic (exact) mass is 392 g/mol. The van der Waals surface area contributed by atoms with Crippen LogP contribution in [0.5, 0.6) is 0 Å². The topological polar surface area (TPSA) is 72.2 Å². The summed E-state index contributed by atoms with van der Waals surface area (Å²) in [5.41, 5.74) is 5.75. The number of nitrogens with one attached hydrogen (secondary N) is 1. The van der Waals surface area contributed by atoms with Crippen LogP contribution in [0, 0.1) is 9.39 Å². The first-order valence-electron chi connectivity index (χ1n) is 5.22. The van der Waals surface area contributed by atoms with Crippen molar-refractivity contribution in [3.05, 3.63) is 51.9 Å². The van der Waals surface area contributed by atoms with E-state index in [1.165, 1.54) is 12.1 Å². The fraction of sp³-hybridized carbons (Fsp3) is 0. The molecule has 100 valence electrons. The van der Waals surface area contributed by atoms with Crippen LogP contribution in [0.3, 0.4) is 0 Å². The minimum Gasteiger partial charge on any atom is -0.398 e. The average molecular weight is 392 g/mol. The summed E-state index contributed by atoms with van der Waals surface area (Å²) in [4.78, 5) is -0.534. The number of halogens is 2. The van der Waals surface area contributed by atoms with Crippen molar-refractivity contribution in [2.75, 3.05) is 10.5 Å². The molecule has 0 atom stereocenters. The van der Waals surface area contributed by atoms with Crippen LogP contribution >= 0.6 is 22.6 Å². The summed E-state index contributed by atoms with van der Waals surface area (Å²) in [6.45, 7) is 0. The molecule has 3 N–H and O–H groups in total. The SMILES string of the molecule is Nc1cccc(F)c1S(=O)(=O)Nc1ccc(I)cc1. The fourth-order valence-electron chi connectivity index (χ4n) is 1.53. The highest BCUT2D eigenvalue weighted by molar-refractivity contribution is 14.1. The summed E-state index contributed by atoms with van der Waals surface area (Å²) < 4.78 is 41.1. The highest BCUT2D eigenvalue weighted by Crippen LogP contribution is 2.24. The second-order valence-corrected chi connectivity index (χ2v) is 6.64. The van der Waals surface area contributed by atoms with Crippen LogP contribution in [0.2, 0.25) is 0 Å². The lowest BCUT2D eigenvalue weighted by molar-refractivity contribution is 0.572. The average Bonchev–Trinajstić information content (AvgIpc) is 2.31. The molecule has 0 saturated heterocycles. The number of hydrogen-bond acceptors (Lipinski definition) is 3. The minimum absolute atomic E-state index is 0.127. The van der Waals surface area contributed by atoms with E-state index in [-0.39, 0.29) is 5.69 Å². The molecule has 0 radical (unpaired) electrons. The Balaban J connectivity index is 2.41. The Kier molecular flexibility index (Phi) is 3.95. The minimum atomic E-state index is -4.04. The van der Waals surface area contributed by atoms with E-state index in [0.717, 1.165) is 9.64 Å². The number of nitrogen functional groups attached to an aromatic ring is 1. The molecular formula is C12H10FIN2O2S. The number of anilines is 2. The zero-order chi connectivity index (χ0) is 14.0. The summed E-state index contributed by atoms with van der Waals surface area (Å²) in [6, 6.07) is 10.4. The Morgan fingerprint density at radius 1 is 1.11 bits per heavy atom. The molecule has 0 amide bonds. The van der Waals surface area contributed by atoms with Crippen LogP contribution in [0.4, 0.5) is 15.8 Å². The standard InChI is InChI=1S/C12H10FIN2O2S/c13-10-2-1-3-11(15)12(10)19(17,18)16-9-6-4-8(14)5-7-9/h1-7,16H,15H2. The number of benzene rings is 2. The lowest BCUT2D eigenvalue weighted by atomic mass is 10.3. The van der Waals surface area contributed by atoms with Crippen LogP contribution < -0.4 is 10.5 Å². The Labute approximate surface area is 124 Å². The van der Waals surface area contributed by atoms with E-state index >= 15 is 0 Å². The molecule has 0 spiro atoms. The van der Waals surface area contributed by atoms with Gasteiger partial charge in [0.05, 0.1) is 5.69 Å². The smallest absolute Gasteiger partial charge is 0.266 e. The number of nitrogens with two attached hydrogens (primary N) is 1. The van der Waals surface area contributed by atoms with Crippen molar-refractivity contribution in [1.29, 1.82) is 0 Å². The van der Waals surface area contributed by atoms with Gasteiger partial charge in [-0.3, -0.25) is 4.72 Å². The molecule has 0 aliphatic heterocycles. The van der Waals surface area contributed by atoms with Gasteiger partial charge in [0.1, 0.15) is 10.7 Å². The van der Waals surface area contributed by atoms with Gasteiger partial charge in [-0.15, -0.1) is 0 Å². The molecule has 0 bridgehead atoms. The lowest BCUT2D eigenvalue weighted by Crippen LogP contribution is -2.16. The van der Waals surface area contributed by atoms with Crippen LogP contribution in [-0.2, 0) is 10.0 Å². The molecule has 0 saturated carbocycles. The van der Waals surface area contributed by atoms with Gasteiger partial charge in [0.25, 0.3) is 10.0 Å². The third kappa shape index (κ3) is 3.16. The first-order valence-corrected chi connectivity index (χ1v) is 7.79. The molecule has 2 aromatic rings. The maximum absolute atomic E-state index is 13.6. The second-order valence-electron chi connectivity index (χ2n) is 3.77. The summed E-state index contributed by atoms with van der Waals surface area (Å²) in [7, 11) is -4.04. The van der Waals surface area contributed by atoms with E-state index in [1.54, 1.807) is 24.3 Å². The normalized spacial score (nSPS) is 11.3. The summed E-state index contributed by atoms with van der Waals surface area (Å²) in [6.07, 6.45) is 0. The summed E-state index contributed by atoms with van der Waals surface area (Å²) in [5.74, 6) is -0.877. The molecule has 4 nitrogen and oxygen atoms in total. The van der Waals surface area contributed by atoms with Gasteiger partial charge in [-0.2, -0.15) is 0 Å². The van der Waals surface area contributed by atoms with Gasteiger partial charge < -0.3 is 5.73 Å². The van der Waals surface area contributed by atoms with Crippen LogP contribution in [0.15, 0.2) is 47.4 Å². The maximum atomic E-state index is 13.6. The zero-order valence-corrected chi connectivity index (χ0v) is 12.6. The van der Waals surface area contributed by atoms with Crippen molar-refractivity contribution in [3.63, 3.8) is 0 Å². The molecule has 0 unspecified atom stereocenters. The van der Waals surface area contributed by atoms with Gasteiger partial charge in [-0.25, -0.2) is 12.8 Å². The highest BCUT2D eigenvalue weighted by Gasteiger charge is 2.22. The quantitative estimate of drug-likeness (QED) is 0.624. The molecule has 19 heavy (non-hydrogen) atoms. The van der Waals surface area contributed by atoms with E-state index in [9.17, 15) is 12.8 Å². The van der Waals surface area contributed by atoms with Crippen LogP contribution in [0.25, 0.3) is 0 Å². The van der Waals surface area contributed by atoms with E-state index in [2.05, 4.69) is 27.3 Å². The third-order valence-corrected chi connectivity index (χ3v) is 4.55. The Bertz CT molecular complexity index is 682. The molecule has 0 aliphatic rings. The first kappa shape index (κ1) is 14.1. The highest BCUT2D eigenvalue weighted by atomic mass is 127. The van der Waals surface area contributed by atoms with Gasteiger partial charge in [-0.05, 0) is 59.0 Å². The van der Waals surface area contributed by atoms with Crippen LogP contribution in [-0.4, -0.2) is 8.42 Å². The Morgan fingerprint density at radius 3 is 2.32 bits per heavy atom. The molecule has 0 heterocycles. The summed E-state index contributed by atoms with van der Waals surface area (Å²) >= 11 is 2.10. The largest absolute Gasteiger partial charge is 0.398 e. The first-order chi connectivity index (χ1) is 8.90. The molecular weight excluding hydrogens is 382 g/mol. The summed E-state index contributed by atoms with van der Waals surface area (Å²) in [5, 5.41) is 0. The molecule has 0 aromatic heterocycles. The Morgan fingerprint density at radius 2 is 1.74 bits per heavy atom. The van der Waals surface area contributed by atoms with Crippen molar-refractivity contribution in [2.24, 2.45) is 0 Å². The molecule has 7 heteroatoms. The van der Waals surface area contributed by atoms with E-state index in [0.29, 0.717) is 5.69 Å². The van der Waals surface area contributed by atoms with Gasteiger partial charge in [0.15, 0.2) is 0 Å². The van der Waals surface area contributed by atoms with E-state index in [1.807, 2.05) is 0 Å². The number of rotatable bonds is 3. The Hall–Kier alpha value is -1.35. The van der Waals surface area contributed by atoms with Gasteiger partial charge in [0.2, 0.25) is 0 Å².